The number of anilines is 1. The van der Waals surface area contributed by atoms with Crippen LogP contribution in [-0.2, 0) is 11.9 Å². The molecule has 1 aromatic heterocycles. The molecule has 1 aromatic carbocycles. The SMILES string of the molecule is Nc1ccc(CSc2ncco2)c(C(F)(F)F)c1. The van der Waals surface area contributed by atoms with Gasteiger partial charge < -0.3 is 10.2 Å². The summed E-state index contributed by atoms with van der Waals surface area (Å²) < 4.78 is 43.3. The van der Waals surface area contributed by atoms with E-state index in [4.69, 9.17) is 10.2 Å². The van der Waals surface area contributed by atoms with Crippen LogP contribution in [0.15, 0.2) is 40.3 Å². The molecule has 3 nitrogen and oxygen atoms in total. The highest BCUT2D eigenvalue weighted by molar-refractivity contribution is 7.98. The van der Waals surface area contributed by atoms with E-state index < -0.39 is 11.7 Å². The highest BCUT2D eigenvalue weighted by Crippen LogP contribution is 2.35. The van der Waals surface area contributed by atoms with Gasteiger partial charge in [0.05, 0.1) is 11.8 Å². The van der Waals surface area contributed by atoms with Crippen molar-refractivity contribution in [1.29, 1.82) is 0 Å². The molecule has 0 amide bonds. The van der Waals surface area contributed by atoms with Crippen molar-refractivity contribution in [3.05, 3.63) is 41.8 Å². The monoisotopic (exact) mass is 274 g/mol. The average Bonchev–Trinajstić information content (AvgIpc) is 2.79. The number of nitrogens with two attached hydrogens (primary N) is 1. The smallest absolute Gasteiger partial charge is 0.416 e. The van der Waals surface area contributed by atoms with Crippen LogP contribution in [0.4, 0.5) is 18.9 Å². The van der Waals surface area contributed by atoms with E-state index in [0.29, 0.717) is 5.22 Å². The molecule has 2 rings (SSSR count). The molecule has 0 saturated carbocycles. The molecule has 0 fully saturated rings. The van der Waals surface area contributed by atoms with E-state index in [1.165, 1.54) is 24.6 Å². The molecule has 0 aliphatic rings. The van der Waals surface area contributed by atoms with E-state index in [1.807, 2.05) is 0 Å². The quantitative estimate of drug-likeness (QED) is 0.686. The van der Waals surface area contributed by atoms with Crippen LogP contribution in [0.25, 0.3) is 0 Å². The maximum absolute atomic E-state index is 12.8. The number of hydrogen-bond acceptors (Lipinski definition) is 4. The van der Waals surface area contributed by atoms with Gasteiger partial charge in [0.15, 0.2) is 0 Å². The van der Waals surface area contributed by atoms with Crippen molar-refractivity contribution >= 4 is 17.4 Å². The summed E-state index contributed by atoms with van der Waals surface area (Å²) in [4.78, 5) is 3.83. The number of aromatic nitrogens is 1. The molecule has 1 heterocycles. The topological polar surface area (TPSA) is 52.0 Å². The molecular weight excluding hydrogens is 265 g/mol. The third-order valence-corrected chi connectivity index (χ3v) is 3.10. The van der Waals surface area contributed by atoms with Crippen LogP contribution in [0.2, 0.25) is 0 Å². The Bertz CT molecular complexity index is 526. The Morgan fingerprint density at radius 3 is 2.72 bits per heavy atom. The summed E-state index contributed by atoms with van der Waals surface area (Å²) in [7, 11) is 0. The Hall–Kier alpha value is -1.63. The van der Waals surface area contributed by atoms with Gasteiger partial charge in [0.1, 0.15) is 6.26 Å². The van der Waals surface area contributed by atoms with Crippen molar-refractivity contribution in [2.75, 3.05) is 5.73 Å². The molecule has 0 aliphatic carbocycles. The number of thioether (sulfide) groups is 1. The minimum absolute atomic E-state index is 0.0900. The van der Waals surface area contributed by atoms with Crippen LogP contribution in [0.5, 0.6) is 0 Å². The third kappa shape index (κ3) is 2.98. The molecule has 0 radical (unpaired) electrons. The minimum atomic E-state index is -4.41. The molecule has 0 unspecified atom stereocenters. The second-order valence-electron chi connectivity index (χ2n) is 3.50. The summed E-state index contributed by atoms with van der Waals surface area (Å²) in [6.45, 7) is 0. The second kappa shape index (κ2) is 4.93. The lowest BCUT2D eigenvalue weighted by Crippen LogP contribution is -2.09. The number of nitrogens with zero attached hydrogens (tertiary/aromatic N) is 1. The molecule has 0 spiro atoms. The van der Waals surface area contributed by atoms with Crippen molar-refractivity contribution < 1.29 is 17.6 Å². The second-order valence-corrected chi connectivity index (χ2v) is 4.43. The third-order valence-electron chi connectivity index (χ3n) is 2.20. The van der Waals surface area contributed by atoms with Crippen LogP contribution >= 0.6 is 11.8 Å². The Balaban J connectivity index is 2.22. The van der Waals surface area contributed by atoms with E-state index in [1.54, 1.807) is 0 Å². The summed E-state index contributed by atoms with van der Waals surface area (Å²) in [5.74, 6) is 0.121. The largest absolute Gasteiger partial charge is 0.440 e. The van der Waals surface area contributed by atoms with Gasteiger partial charge in [-0.1, -0.05) is 17.8 Å². The highest BCUT2D eigenvalue weighted by Gasteiger charge is 2.33. The molecule has 0 saturated heterocycles. The van der Waals surface area contributed by atoms with Crippen LogP contribution in [-0.4, -0.2) is 4.98 Å². The molecule has 2 aromatic rings. The predicted octanol–water partition coefficient (Wildman–Crippen LogP) is 3.57. The van der Waals surface area contributed by atoms with Crippen molar-refractivity contribution in [3.63, 3.8) is 0 Å². The average molecular weight is 274 g/mol. The summed E-state index contributed by atoms with van der Waals surface area (Å²) in [5.41, 5.74) is 4.90. The molecule has 0 aliphatic heterocycles. The van der Waals surface area contributed by atoms with Gasteiger partial charge in [0, 0.05) is 11.4 Å². The fraction of sp³-hybridized carbons (Fsp3) is 0.182. The van der Waals surface area contributed by atoms with Gasteiger partial charge in [-0.05, 0) is 17.7 Å². The zero-order valence-corrected chi connectivity index (χ0v) is 9.89. The molecule has 18 heavy (non-hydrogen) atoms. The van der Waals surface area contributed by atoms with Crippen molar-refractivity contribution in [1.82, 2.24) is 4.98 Å². The lowest BCUT2D eigenvalue weighted by atomic mass is 10.1. The normalized spacial score (nSPS) is 11.7. The number of alkyl halides is 3. The Morgan fingerprint density at radius 2 is 2.11 bits per heavy atom. The van der Waals surface area contributed by atoms with Gasteiger partial charge >= 0.3 is 6.18 Å². The maximum Gasteiger partial charge on any atom is 0.416 e. The first-order chi connectivity index (χ1) is 8.47. The molecule has 7 heteroatoms. The molecular formula is C11H9F3N2OS. The number of nitrogen functional groups attached to an aromatic ring is 1. The summed E-state index contributed by atoms with van der Waals surface area (Å²) in [6, 6.07) is 3.75. The van der Waals surface area contributed by atoms with Crippen LogP contribution < -0.4 is 5.73 Å². The number of rotatable bonds is 3. The van der Waals surface area contributed by atoms with Gasteiger partial charge in [-0.15, -0.1) is 0 Å². The lowest BCUT2D eigenvalue weighted by molar-refractivity contribution is -0.138. The lowest BCUT2D eigenvalue weighted by Gasteiger charge is -2.12. The van der Waals surface area contributed by atoms with Gasteiger partial charge in [-0.3, -0.25) is 0 Å². The zero-order valence-electron chi connectivity index (χ0n) is 9.07. The first kappa shape index (κ1) is 12.8. The summed E-state index contributed by atoms with van der Waals surface area (Å²) in [5, 5.41) is 0.333. The van der Waals surface area contributed by atoms with E-state index >= 15 is 0 Å². The number of oxazole rings is 1. The van der Waals surface area contributed by atoms with Crippen LogP contribution in [0, 0.1) is 0 Å². The number of benzene rings is 1. The Labute approximate surface area is 105 Å². The standard InChI is InChI=1S/C11H9F3N2OS/c12-11(13,14)9-5-8(15)2-1-7(9)6-18-10-16-3-4-17-10/h1-5H,6,15H2. The fourth-order valence-corrected chi connectivity index (χ4v) is 2.19. The van der Waals surface area contributed by atoms with E-state index in [0.717, 1.165) is 17.8 Å². The van der Waals surface area contributed by atoms with Crippen LogP contribution in [0.1, 0.15) is 11.1 Å². The molecule has 2 N–H and O–H groups in total. The Morgan fingerprint density at radius 1 is 1.33 bits per heavy atom. The predicted molar refractivity (Wildman–Crippen MR) is 61.9 cm³/mol. The molecule has 0 bridgehead atoms. The van der Waals surface area contributed by atoms with Gasteiger partial charge in [-0.25, -0.2) is 4.98 Å². The first-order valence-electron chi connectivity index (χ1n) is 4.94. The maximum atomic E-state index is 12.8. The van der Waals surface area contributed by atoms with Gasteiger partial charge in [-0.2, -0.15) is 13.2 Å². The first-order valence-corrected chi connectivity index (χ1v) is 5.93. The number of halogens is 3. The fourth-order valence-electron chi connectivity index (χ4n) is 1.40. The molecule has 96 valence electrons. The summed E-state index contributed by atoms with van der Waals surface area (Å²) in [6.07, 6.45) is -1.60. The van der Waals surface area contributed by atoms with Crippen LogP contribution in [0.3, 0.4) is 0 Å². The number of hydrogen-bond donors (Lipinski definition) is 1. The van der Waals surface area contributed by atoms with E-state index in [2.05, 4.69) is 4.98 Å². The van der Waals surface area contributed by atoms with Crippen molar-refractivity contribution in [2.24, 2.45) is 0 Å². The van der Waals surface area contributed by atoms with Crippen molar-refractivity contribution in [2.45, 2.75) is 17.2 Å². The van der Waals surface area contributed by atoms with E-state index in [-0.39, 0.29) is 17.0 Å². The highest BCUT2D eigenvalue weighted by atomic mass is 32.2. The van der Waals surface area contributed by atoms with E-state index in [9.17, 15) is 13.2 Å². The van der Waals surface area contributed by atoms with Crippen molar-refractivity contribution in [3.8, 4) is 0 Å². The molecule has 0 atom stereocenters. The zero-order chi connectivity index (χ0) is 13.2. The van der Waals surface area contributed by atoms with Gasteiger partial charge in [0.25, 0.3) is 5.22 Å². The minimum Gasteiger partial charge on any atom is -0.440 e. The Kier molecular flexibility index (Phi) is 3.51. The van der Waals surface area contributed by atoms with Gasteiger partial charge in [0.2, 0.25) is 0 Å². The summed E-state index contributed by atoms with van der Waals surface area (Å²) >= 11 is 1.10.